The van der Waals surface area contributed by atoms with E-state index < -0.39 is 27.6 Å². The third-order valence-corrected chi connectivity index (χ3v) is 8.70. The van der Waals surface area contributed by atoms with Crippen LogP contribution in [-0.4, -0.2) is 39.9 Å². The molecule has 0 aliphatic rings. The zero-order chi connectivity index (χ0) is 27.0. The summed E-state index contributed by atoms with van der Waals surface area (Å²) >= 11 is 6.87. The van der Waals surface area contributed by atoms with Crippen molar-refractivity contribution in [2.75, 3.05) is 4.72 Å². The smallest absolute Gasteiger partial charge is 0.272 e. The Bertz CT molecular complexity index is 1550. The summed E-state index contributed by atoms with van der Waals surface area (Å²) < 4.78 is 30.7. The number of thiophene rings is 1. The van der Waals surface area contributed by atoms with E-state index in [2.05, 4.69) is 15.1 Å². The molecule has 0 spiro atoms. The van der Waals surface area contributed by atoms with E-state index in [1.54, 1.807) is 29.8 Å². The molecule has 2 aromatic carbocycles. The minimum absolute atomic E-state index is 0.0514. The molecule has 196 valence electrons. The molecule has 37 heavy (non-hydrogen) atoms. The number of aromatic nitrogens is 2. The lowest BCUT2D eigenvalue weighted by molar-refractivity contribution is -0.136. The number of benzene rings is 2. The average molecular weight is 563 g/mol. The van der Waals surface area contributed by atoms with Gasteiger partial charge in [-0.3, -0.25) is 14.2 Å². The Morgan fingerprint density at radius 1 is 1.16 bits per heavy atom. The lowest BCUT2D eigenvalue weighted by atomic mass is 10.1. The maximum Gasteiger partial charge on any atom is 0.272 e. The first-order valence-corrected chi connectivity index (χ1v) is 14.1. The minimum atomic E-state index is -3.95. The lowest BCUT2D eigenvalue weighted by Crippen LogP contribution is -2.41. The van der Waals surface area contributed by atoms with E-state index in [4.69, 9.17) is 11.6 Å². The number of carbonyl (C=O) groups excluding carboxylic acids is 1. The topological polar surface area (TPSA) is 134 Å². The van der Waals surface area contributed by atoms with Gasteiger partial charge in [0, 0.05) is 6.54 Å². The van der Waals surface area contributed by atoms with Crippen LogP contribution in [0.1, 0.15) is 43.6 Å². The first-order chi connectivity index (χ1) is 17.3. The Morgan fingerprint density at radius 3 is 2.51 bits per heavy atom. The summed E-state index contributed by atoms with van der Waals surface area (Å²) in [6.45, 7) is 4.98. The van der Waals surface area contributed by atoms with Crippen LogP contribution in [0.2, 0.25) is 4.34 Å². The van der Waals surface area contributed by atoms with Crippen molar-refractivity contribution in [3.8, 4) is 0 Å². The van der Waals surface area contributed by atoms with Crippen molar-refractivity contribution >= 4 is 55.6 Å². The van der Waals surface area contributed by atoms with Crippen molar-refractivity contribution < 1.29 is 23.4 Å². The first kappa shape index (κ1) is 27.1. The highest BCUT2D eigenvalue weighted by Gasteiger charge is 2.24. The summed E-state index contributed by atoms with van der Waals surface area (Å²) in [7, 11) is -3.95. The van der Waals surface area contributed by atoms with Crippen molar-refractivity contribution in [3.05, 3.63) is 75.6 Å². The third-order valence-electron chi connectivity index (χ3n) is 5.64. The lowest BCUT2D eigenvalue weighted by Gasteiger charge is -2.16. The molecule has 0 fully saturated rings. The summed E-state index contributed by atoms with van der Waals surface area (Å²) in [6.07, 6.45) is -0.858. The van der Waals surface area contributed by atoms with Gasteiger partial charge in [-0.25, -0.2) is 8.42 Å². The van der Waals surface area contributed by atoms with E-state index in [1.807, 2.05) is 24.3 Å². The van der Waals surface area contributed by atoms with Gasteiger partial charge in [-0.05, 0) is 55.7 Å². The number of carbonyl (C=O) groups is 1. The number of nitrogens with one attached hydrogen (secondary N) is 2. The summed E-state index contributed by atoms with van der Waals surface area (Å²) in [4.78, 5) is 12.0. The van der Waals surface area contributed by atoms with Crippen LogP contribution >= 0.6 is 22.9 Å². The molecule has 2 heterocycles. The van der Waals surface area contributed by atoms with Gasteiger partial charge in [0.25, 0.3) is 15.9 Å². The van der Waals surface area contributed by atoms with Crippen LogP contribution < -0.4 is 10.0 Å². The zero-order valence-corrected chi connectivity index (χ0v) is 22.8. The number of amides is 1. The van der Waals surface area contributed by atoms with Gasteiger partial charge in [0.2, 0.25) is 0 Å². The second-order valence-corrected chi connectivity index (χ2v) is 12.8. The fourth-order valence-electron chi connectivity index (χ4n) is 3.82. The van der Waals surface area contributed by atoms with Crippen molar-refractivity contribution in [1.82, 2.24) is 15.1 Å². The molecule has 0 bridgehead atoms. The number of aliphatic hydroxyl groups is 2. The number of rotatable bonds is 9. The molecule has 0 aliphatic carbocycles. The fraction of sp³-hybridized carbons (Fsp3) is 0.280. The molecule has 0 aliphatic heterocycles. The highest BCUT2D eigenvalue weighted by Crippen LogP contribution is 2.34. The number of nitrogens with zero attached hydrogens (tertiary/aromatic N) is 2. The summed E-state index contributed by atoms with van der Waals surface area (Å²) in [5, 5.41) is 28.0. The Kier molecular flexibility index (Phi) is 7.63. The minimum Gasteiger partial charge on any atom is -0.389 e. The number of halogens is 1. The van der Waals surface area contributed by atoms with Crippen molar-refractivity contribution in [3.63, 3.8) is 0 Å². The highest BCUT2D eigenvalue weighted by molar-refractivity contribution is 7.94. The molecule has 0 saturated heterocycles. The van der Waals surface area contributed by atoms with Gasteiger partial charge in [0.05, 0.1) is 27.9 Å². The first-order valence-electron chi connectivity index (χ1n) is 11.4. The van der Waals surface area contributed by atoms with E-state index >= 15 is 0 Å². The quantitative estimate of drug-likeness (QED) is 0.243. The molecule has 9 nitrogen and oxygen atoms in total. The molecule has 4 rings (SSSR count). The molecule has 1 amide bonds. The third kappa shape index (κ3) is 6.13. The number of anilines is 1. The fourth-order valence-corrected chi connectivity index (χ4v) is 6.32. The molecule has 0 saturated carbocycles. The maximum absolute atomic E-state index is 13.0. The zero-order valence-electron chi connectivity index (χ0n) is 20.4. The van der Waals surface area contributed by atoms with Crippen LogP contribution in [-0.2, 0) is 27.9 Å². The van der Waals surface area contributed by atoms with Crippen molar-refractivity contribution in [2.24, 2.45) is 0 Å². The number of aliphatic hydroxyl groups excluding tert-OH is 1. The number of hydrogen-bond donors (Lipinski definition) is 4. The van der Waals surface area contributed by atoms with Crippen molar-refractivity contribution in [1.29, 1.82) is 0 Å². The van der Waals surface area contributed by atoms with Gasteiger partial charge in [0.15, 0.2) is 5.82 Å². The van der Waals surface area contributed by atoms with Crippen LogP contribution in [0.15, 0.2) is 58.8 Å². The molecule has 2 aromatic heterocycles. The monoisotopic (exact) mass is 562 g/mol. The molecular weight excluding hydrogens is 536 g/mol. The summed E-state index contributed by atoms with van der Waals surface area (Å²) in [5.74, 6) is -0.379. The second-order valence-electron chi connectivity index (χ2n) is 9.15. The van der Waals surface area contributed by atoms with E-state index in [0.717, 1.165) is 22.5 Å². The normalized spacial score (nSPS) is 13.0. The average Bonchev–Trinajstić information content (AvgIpc) is 3.41. The number of sulfonamides is 1. The number of fused-ring (bicyclic) bond motifs is 1. The Labute approximate surface area is 223 Å². The van der Waals surface area contributed by atoms with E-state index in [9.17, 15) is 23.4 Å². The molecule has 0 radical (unpaired) electrons. The predicted octanol–water partition coefficient (Wildman–Crippen LogP) is 4.04. The molecule has 12 heteroatoms. The van der Waals surface area contributed by atoms with Gasteiger partial charge in [-0.1, -0.05) is 48.0 Å². The summed E-state index contributed by atoms with van der Waals surface area (Å²) in [6, 6.07) is 15.7. The molecule has 1 unspecified atom stereocenters. The molecule has 1 atom stereocenters. The number of hydrogen-bond acceptors (Lipinski definition) is 7. The van der Waals surface area contributed by atoms with Gasteiger partial charge in [-0.2, -0.15) is 5.10 Å². The Balaban J connectivity index is 1.68. The van der Waals surface area contributed by atoms with E-state index in [1.165, 1.54) is 26.0 Å². The molecule has 4 N–H and O–H groups in total. The largest absolute Gasteiger partial charge is 0.389 e. The standard InChI is InChI=1S/C25H27ClN4O5S2/c1-15(31)18-8-5-9-19-22(18)23(29-37(34,35)21-11-10-20(26)36-21)28-30(19)14-17-7-4-6-16(12-17)13-27-24(32)25(2,3)33/h4-12,15,31,33H,13-14H2,1-3H3,(H,27,32)(H,28,29). The van der Waals surface area contributed by atoms with E-state index in [-0.39, 0.29) is 16.6 Å². The van der Waals surface area contributed by atoms with Crippen LogP contribution in [0.4, 0.5) is 5.82 Å². The Hall–Kier alpha value is -2.96. The van der Waals surface area contributed by atoms with Gasteiger partial charge in [-0.15, -0.1) is 11.3 Å². The maximum atomic E-state index is 13.0. The Morgan fingerprint density at radius 2 is 1.86 bits per heavy atom. The van der Waals surface area contributed by atoms with Gasteiger partial charge in [0.1, 0.15) is 9.81 Å². The van der Waals surface area contributed by atoms with Crippen LogP contribution in [0.3, 0.4) is 0 Å². The molecular formula is C25H27ClN4O5S2. The summed E-state index contributed by atoms with van der Waals surface area (Å²) in [5.41, 5.74) is 1.38. The predicted molar refractivity (Wildman–Crippen MR) is 144 cm³/mol. The van der Waals surface area contributed by atoms with Gasteiger partial charge >= 0.3 is 0 Å². The van der Waals surface area contributed by atoms with Crippen LogP contribution in [0.25, 0.3) is 10.9 Å². The van der Waals surface area contributed by atoms with Crippen LogP contribution in [0.5, 0.6) is 0 Å². The van der Waals surface area contributed by atoms with Gasteiger partial charge < -0.3 is 15.5 Å². The molecule has 4 aromatic rings. The second kappa shape index (κ2) is 10.4. The van der Waals surface area contributed by atoms with Crippen LogP contribution in [0, 0.1) is 0 Å². The highest BCUT2D eigenvalue weighted by atomic mass is 35.5. The van der Waals surface area contributed by atoms with E-state index in [0.29, 0.717) is 27.3 Å². The SMILES string of the molecule is CC(O)c1cccc2c1c(NS(=O)(=O)c1ccc(Cl)s1)nn2Cc1cccc(CNC(=O)C(C)(C)O)c1. The van der Waals surface area contributed by atoms with Crippen molar-refractivity contribution in [2.45, 2.75) is 49.8 Å².